The minimum Gasteiger partial charge on any atom is -0.385 e. The first-order valence-corrected chi connectivity index (χ1v) is 5.37. The maximum atomic E-state index is 4.00. The summed E-state index contributed by atoms with van der Waals surface area (Å²) in [5, 5.41) is 9.27. The zero-order chi connectivity index (χ0) is 13.7. The van der Waals surface area contributed by atoms with Gasteiger partial charge in [0.25, 0.3) is 0 Å². The maximum absolute atomic E-state index is 4.00. The van der Waals surface area contributed by atoms with Crippen LogP contribution in [0.25, 0.3) is 0 Å². The molecule has 0 saturated heterocycles. The van der Waals surface area contributed by atoms with Crippen LogP contribution in [0.3, 0.4) is 0 Å². The molecule has 0 fully saturated rings. The Bertz CT molecular complexity index is 455. The van der Waals surface area contributed by atoms with E-state index < -0.39 is 0 Å². The van der Waals surface area contributed by atoms with Crippen molar-refractivity contribution in [1.82, 2.24) is 0 Å². The van der Waals surface area contributed by atoms with E-state index in [1.807, 2.05) is 7.05 Å². The molecule has 96 valence electrons. The molecule has 18 heavy (non-hydrogen) atoms. The van der Waals surface area contributed by atoms with Crippen molar-refractivity contribution in [1.29, 1.82) is 0 Å². The Kier molecular flexibility index (Phi) is 4.42. The molecule has 3 N–H and O–H groups in total. The monoisotopic (exact) mass is 246 g/mol. The Hall–Kier alpha value is -2.37. The van der Waals surface area contributed by atoms with Crippen LogP contribution in [0.1, 0.15) is 0 Å². The summed E-state index contributed by atoms with van der Waals surface area (Å²) >= 11 is 0. The molecule has 0 radical (unpaired) electrons. The Morgan fingerprint density at radius 3 is 1.17 bits per heavy atom. The zero-order valence-electron chi connectivity index (χ0n) is 11.0. The van der Waals surface area contributed by atoms with Gasteiger partial charge in [-0.2, -0.15) is 0 Å². The van der Waals surface area contributed by atoms with Crippen molar-refractivity contribution >= 4 is 54.3 Å². The van der Waals surface area contributed by atoms with Gasteiger partial charge in [0, 0.05) is 21.1 Å². The minimum absolute atomic E-state index is 0.549. The molecular weight excluding hydrogens is 228 g/mol. The Morgan fingerprint density at radius 2 is 0.944 bits per heavy atom. The first-order valence-electron chi connectivity index (χ1n) is 5.37. The summed E-state index contributed by atoms with van der Waals surface area (Å²) in [6, 6.07) is 0. The van der Waals surface area contributed by atoms with Crippen LogP contribution in [-0.2, 0) is 0 Å². The summed E-state index contributed by atoms with van der Waals surface area (Å²) in [6.45, 7) is 10.7. The van der Waals surface area contributed by atoms with Gasteiger partial charge in [-0.1, -0.05) is 0 Å². The van der Waals surface area contributed by atoms with Crippen molar-refractivity contribution in [3.05, 3.63) is 0 Å². The quantitative estimate of drug-likeness (QED) is 0.676. The van der Waals surface area contributed by atoms with Gasteiger partial charge in [0.05, 0.1) is 17.1 Å². The molecule has 1 aromatic rings. The summed E-state index contributed by atoms with van der Waals surface area (Å²) in [5.41, 5.74) is 4.14. The summed E-state index contributed by atoms with van der Waals surface area (Å²) < 4.78 is 0. The number of nitrogens with zero attached hydrogens (tertiary/aromatic N) is 3. The number of anilines is 3. The first kappa shape index (κ1) is 13.7. The second-order valence-electron chi connectivity index (χ2n) is 3.40. The molecule has 6 heteroatoms. The van der Waals surface area contributed by atoms with E-state index in [9.17, 15) is 0 Å². The van der Waals surface area contributed by atoms with Crippen LogP contribution in [0, 0.1) is 0 Å². The number of hydrogen-bond acceptors (Lipinski definition) is 6. The van der Waals surface area contributed by atoms with Gasteiger partial charge in [-0.25, -0.2) is 0 Å². The van der Waals surface area contributed by atoms with Gasteiger partial charge in [-0.05, 0) is 20.2 Å². The van der Waals surface area contributed by atoms with Gasteiger partial charge < -0.3 is 16.0 Å². The highest BCUT2D eigenvalue weighted by atomic mass is 15.0. The summed E-state index contributed by atoms with van der Waals surface area (Å²) in [7, 11) is 5.42. The molecule has 0 saturated carbocycles. The molecule has 1 aromatic carbocycles. The highest BCUT2D eigenvalue weighted by Gasteiger charge is 2.20. The van der Waals surface area contributed by atoms with Crippen LogP contribution in [0.2, 0.25) is 0 Å². The predicted molar refractivity (Wildman–Crippen MR) is 82.7 cm³/mol. The van der Waals surface area contributed by atoms with E-state index >= 15 is 0 Å². The lowest BCUT2D eigenvalue weighted by atomic mass is 10.1. The van der Waals surface area contributed by atoms with Crippen molar-refractivity contribution in [2.75, 3.05) is 37.1 Å². The van der Waals surface area contributed by atoms with Crippen LogP contribution in [0.15, 0.2) is 15.0 Å². The van der Waals surface area contributed by atoms with Gasteiger partial charge in [0.15, 0.2) is 0 Å². The molecule has 0 aromatic heterocycles. The third kappa shape index (κ3) is 1.92. The summed E-state index contributed by atoms with van der Waals surface area (Å²) in [5.74, 6) is 0. The average Bonchev–Trinajstić information content (AvgIpc) is 2.43. The van der Waals surface area contributed by atoms with E-state index in [1.54, 1.807) is 14.1 Å². The van der Waals surface area contributed by atoms with E-state index in [0.29, 0.717) is 17.1 Å². The smallest absolute Gasteiger partial charge is 0.118 e. The molecule has 0 aliphatic carbocycles. The van der Waals surface area contributed by atoms with E-state index in [0.717, 1.165) is 17.1 Å². The highest BCUT2D eigenvalue weighted by Crippen LogP contribution is 2.53. The molecule has 0 spiro atoms. The van der Waals surface area contributed by atoms with Gasteiger partial charge in [0.1, 0.15) is 17.1 Å². The standard InChI is InChI=1S/C12H18N6/c1-13-7-8(14-2)10(16-4)12(18-6)11(17-5)9(7)15-3/h16-18H,1-3H2,4-6H3. The van der Waals surface area contributed by atoms with E-state index in [1.165, 1.54) is 0 Å². The molecule has 6 nitrogen and oxygen atoms in total. The number of hydrogen-bond donors (Lipinski definition) is 3. The number of rotatable bonds is 6. The lowest BCUT2D eigenvalue weighted by Gasteiger charge is -2.20. The van der Waals surface area contributed by atoms with Gasteiger partial charge in [-0.15, -0.1) is 0 Å². The van der Waals surface area contributed by atoms with Crippen LogP contribution in [0.4, 0.5) is 34.1 Å². The molecule has 0 aliphatic heterocycles. The van der Waals surface area contributed by atoms with E-state index in [2.05, 4.69) is 51.1 Å². The lowest BCUT2D eigenvalue weighted by molar-refractivity contribution is 1.36. The first-order chi connectivity index (χ1) is 8.69. The molecule has 0 aliphatic rings. The third-order valence-electron chi connectivity index (χ3n) is 2.65. The van der Waals surface area contributed by atoms with E-state index in [-0.39, 0.29) is 0 Å². The van der Waals surface area contributed by atoms with Crippen LogP contribution >= 0.6 is 0 Å². The van der Waals surface area contributed by atoms with Crippen LogP contribution < -0.4 is 16.0 Å². The topological polar surface area (TPSA) is 73.2 Å². The number of benzene rings is 1. The Morgan fingerprint density at radius 1 is 0.611 bits per heavy atom. The molecule has 1 rings (SSSR count). The largest absolute Gasteiger partial charge is 0.385 e. The lowest BCUT2D eigenvalue weighted by Crippen LogP contribution is -2.02. The third-order valence-corrected chi connectivity index (χ3v) is 2.65. The van der Waals surface area contributed by atoms with E-state index in [4.69, 9.17) is 0 Å². The highest BCUT2D eigenvalue weighted by molar-refractivity contribution is 6.05. The van der Waals surface area contributed by atoms with Gasteiger partial charge in [0.2, 0.25) is 0 Å². The van der Waals surface area contributed by atoms with Crippen molar-refractivity contribution in [3.63, 3.8) is 0 Å². The molecule has 0 atom stereocenters. The fraction of sp³-hybridized carbons (Fsp3) is 0.250. The minimum atomic E-state index is 0.549. The van der Waals surface area contributed by atoms with Crippen LogP contribution in [-0.4, -0.2) is 41.3 Å². The van der Waals surface area contributed by atoms with Crippen molar-refractivity contribution in [2.24, 2.45) is 15.0 Å². The fourth-order valence-corrected chi connectivity index (χ4v) is 1.91. The molecule has 0 heterocycles. The van der Waals surface area contributed by atoms with Crippen molar-refractivity contribution < 1.29 is 0 Å². The predicted octanol–water partition coefficient (Wildman–Crippen LogP) is 2.81. The zero-order valence-corrected chi connectivity index (χ0v) is 11.0. The fourth-order valence-electron chi connectivity index (χ4n) is 1.91. The van der Waals surface area contributed by atoms with Crippen LogP contribution in [0.5, 0.6) is 0 Å². The van der Waals surface area contributed by atoms with Gasteiger partial charge >= 0.3 is 0 Å². The number of aliphatic imine (C=N–C) groups is 3. The van der Waals surface area contributed by atoms with Crippen molar-refractivity contribution in [3.8, 4) is 0 Å². The number of nitrogens with one attached hydrogen (secondary N) is 3. The summed E-state index contributed by atoms with van der Waals surface area (Å²) in [4.78, 5) is 12.0. The average molecular weight is 246 g/mol. The maximum Gasteiger partial charge on any atom is 0.118 e. The Balaban J connectivity index is 3.88. The molecule has 0 unspecified atom stereocenters. The van der Waals surface area contributed by atoms with Gasteiger partial charge in [-0.3, -0.25) is 15.0 Å². The normalized spacial score (nSPS) is 9.50. The second-order valence-corrected chi connectivity index (χ2v) is 3.40. The molecule has 0 amide bonds. The SMILES string of the molecule is C=Nc1c(N=C)c(NC)c(NC)c(NC)c1N=C. The molecular formula is C12H18N6. The second kappa shape index (κ2) is 5.81. The molecule has 0 bridgehead atoms. The van der Waals surface area contributed by atoms with Crippen molar-refractivity contribution in [2.45, 2.75) is 0 Å². The summed E-state index contributed by atoms with van der Waals surface area (Å²) in [6.07, 6.45) is 0. The Labute approximate surface area is 107 Å².